The van der Waals surface area contributed by atoms with Gasteiger partial charge in [-0.2, -0.15) is 0 Å². The van der Waals surface area contributed by atoms with Crippen molar-refractivity contribution in [3.05, 3.63) is 52.4 Å². The van der Waals surface area contributed by atoms with E-state index in [0.717, 1.165) is 5.56 Å². The van der Waals surface area contributed by atoms with Crippen LogP contribution in [0.2, 0.25) is 5.02 Å². The highest BCUT2D eigenvalue weighted by Gasteiger charge is 2.27. The minimum absolute atomic E-state index is 0.0573. The minimum Gasteiger partial charge on any atom is -0.342 e. The maximum atomic E-state index is 12.4. The van der Waals surface area contributed by atoms with Crippen molar-refractivity contribution in [1.82, 2.24) is 9.62 Å². The average molecular weight is 399 g/mol. The van der Waals surface area contributed by atoms with Crippen molar-refractivity contribution in [3.63, 3.8) is 0 Å². The van der Waals surface area contributed by atoms with Crippen LogP contribution in [-0.2, 0) is 21.2 Å². The van der Waals surface area contributed by atoms with Crippen LogP contribution < -0.4 is 4.72 Å². The van der Waals surface area contributed by atoms with Crippen LogP contribution in [0.15, 0.2) is 46.0 Å². The Morgan fingerprint density at radius 2 is 1.88 bits per heavy atom. The molecule has 0 radical (unpaired) electrons. The summed E-state index contributed by atoms with van der Waals surface area (Å²) >= 11 is 7.05. The van der Waals surface area contributed by atoms with E-state index in [4.69, 9.17) is 11.6 Å². The molecule has 2 heterocycles. The highest BCUT2D eigenvalue weighted by Crippen LogP contribution is 2.19. The van der Waals surface area contributed by atoms with Crippen molar-refractivity contribution in [3.8, 4) is 0 Å². The molecule has 0 atom stereocenters. The third kappa shape index (κ3) is 4.82. The summed E-state index contributed by atoms with van der Waals surface area (Å²) in [5.74, 6) is 0.0573. The smallest absolute Gasteiger partial charge is 0.250 e. The van der Waals surface area contributed by atoms with Crippen LogP contribution >= 0.6 is 22.9 Å². The Morgan fingerprint density at radius 1 is 1.20 bits per heavy atom. The van der Waals surface area contributed by atoms with Gasteiger partial charge in [-0.3, -0.25) is 4.79 Å². The van der Waals surface area contributed by atoms with Crippen molar-refractivity contribution < 1.29 is 13.2 Å². The molecule has 1 amide bonds. The number of sulfonamides is 1. The second kappa shape index (κ2) is 7.86. The molecule has 5 nitrogen and oxygen atoms in total. The molecule has 3 rings (SSSR count). The monoisotopic (exact) mass is 398 g/mol. The summed E-state index contributed by atoms with van der Waals surface area (Å²) in [7, 11) is -3.45. The first-order valence-electron chi connectivity index (χ1n) is 8.02. The summed E-state index contributed by atoms with van der Waals surface area (Å²) in [5.41, 5.74) is 0.926. The van der Waals surface area contributed by atoms with E-state index in [-0.39, 0.29) is 11.9 Å². The maximum absolute atomic E-state index is 12.4. The van der Waals surface area contributed by atoms with Crippen molar-refractivity contribution in [2.75, 3.05) is 13.1 Å². The number of piperidine rings is 1. The summed E-state index contributed by atoms with van der Waals surface area (Å²) in [5, 5.41) is 2.39. The number of rotatable bonds is 5. The van der Waals surface area contributed by atoms with Gasteiger partial charge >= 0.3 is 0 Å². The van der Waals surface area contributed by atoms with E-state index in [1.165, 1.54) is 11.3 Å². The summed E-state index contributed by atoms with van der Waals surface area (Å²) in [6, 6.07) is 10.4. The van der Waals surface area contributed by atoms with Crippen molar-refractivity contribution in [1.29, 1.82) is 0 Å². The van der Waals surface area contributed by atoms with Gasteiger partial charge in [0.1, 0.15) is 4.21 Å². The van der Waals surface area contributed by atoms with Crippen LogP contribution in [-0.4, -0.2) is 38.4 Å². The van der Waals surface area contributed by atoms with Gasteiger partial charge in [0.25, 0.3) is 0 Å². The fourth-order valence-corrected chi connectivity index (χ4v) is 5.27. The van der Waals surface area contributed by atoms with E-state index >= 15 is 0 Å². The van der Waals surface area contributed by atoms with Crippen molar-refractivity contribution in [2.24, 2.45) is 0 Å². The number of nitrogens with zero attached hydrogens (tertiary/aromatic N) is 1. The molecule has 1 fully saturated rings. The maximum Gasteiger partial charge on any atom is 0.250 e. The zero-order chi connectivity index (χ0) is 17.9. The quantitative estimate of drug-likeness (QED) is 0.842. The van der Waals surface area contributed by atoms with E-state index in [1.807, 2.05) is 12.1 Å². The lowest BCUT2D eigenvalue weighted by Gasteiger charge is -2.32. The SMILES string of the molecule is O=C(Cc1ccc(Cl)cc1)N1CCC(NS(=O)(=O)c2cccs2)CC1. The average Bonchev–Trinajstić information content (AvgIpc) is 3.13. The standard InChI is InChI=1S/C17H19ClN2O3S2/c18-14-5-3-13(4-6-14)12-16(21)20-9-7-15(8-10-20)19-25(22,23)17-2-1-11-24-17/h1-6,11,15,19H,7-10,12H2. The number of benzene rings is 1. The summed E-state index contributed by atoms with van der Waals surface area (Å²) < 4.78 is 27.6. The van der Waals surface area contributed by atoms with E-state index in [9.17, 15) is 13.2 Å². The topological polar surface area (TPSA) is 66.5 Å². The van der Waals surface area contributed by atoms with Crippen molar-refractivity contribution in [2.45, 2.75) is 29.5 Å². The zero-order valence-electron chi connectivity index (χ0n) is 13.5. The number of hydrogen-bond donors (Lipinski definition) is 1. The van der Waals surface area contributed by atoms with E-state index in [2.05, 4.69) is 4.72 Å². The number of nitrogens with one attached hydrogen (secondary N) is 1. The summed E-state index contributed by atoms with van der Waals surface area (Å²) in [6.07, 6.45) is 1.58. The van der Waals surface area contributed by atoms with Gasteiger partial charge in [-0.15, -0.1) is 11.3 Å². The van der Waals surface area contributed by atoms with Gasteiger partial charge in [0.05, 0.1) is 6.42 Å². The van der Waals surface area contributed by atoms with Gasteiger partial charge in [0.15, 0.2) is 0 Å². The predicted molar refractivity (Wildman–Crippen MR) is 99.4 cm³/mol. The van der Waals surface area contributed by atoms with Crippen LogP contribution in [0.1, 0.15) is 18.4 Å². The highest BCUT2D eigenvalue weighted by atomic mass is 35.5. The molecule has 25 heavy (non-hydrogen) atoms. The van der Waals surface area contributed by atoms with Gasteiger partial charge in [0, 0.05) is 24.2 Å². The van der Waals surface area contributed by atoms with Crippen LogP contribution in [0, 0.1) is 0 Å². The largest absolute Gasteiger partial charge is 0.342 e. The lowest BCUT2D eigenvalue weighted by molar-refractivity contribution is -0.131. The molecular weight excluding hydrogens is 380 g/mol. The van der Waals surface area contributed by atoms with E-state index in [0.29, 0.717) is 41.6 Å². The predicted octanol–water partition coefficient (Wildman–Crippen LogP) is 2.91. The highest BCUT2D eigenvalue weighted by molar-refractivity contribution is 7.91. The Hall–Kier alpha value is -1.41. The Labute approximate surface area is 156 Å². The van der Waals surface area contributed by atoms with Gasteiger partial charge in [-0.05, 0) is 42.0 Å². The van der Waals surface area contributed by atoms with E-state index in [1.54, 1.807) is 34.5 Å². The molecule has 0 spiro atoms. The number of hydrogen-bond acceptors (Lipinski definition) is 4. The van der Waals surface area contributed by atoms with Crippen molar-refractivity contribution >= 4 is 38.9 Å². The third-order valence-electron chi connectivity index (χ3n) is 4.20. The third-order valence-corrected chi connectivity index (χ3v) is 7.37. The molecule has 0 unspecified atom stereocenters. The number of halogens is 1. The second-order valence-electron chi connectivity index (χ2n) is 6.01. The number of amides is 1. The molecule has 134 valence electrons. The number of carbonyl (C=O) groups excluding carboxylic acids is 1. The molecule has 8 heteroatoms. The molecule has 1 saturated heterocycles. The van der Waals surface area contributed by atoms with Crippen LogP contribution in [0.3, 0.4) is 0 Å². The lowest BCUT2D eigenvalue weighted by Crippen LogP contribution is -2.46. The fraction of sp³-hybridized carbons (Fsp3) is 0.353. The van der Waals surface area contributed by atoms with Gasteiger partial charge in [-0.25, -0.2) is 13.1 Å². The second-order valence-corrected chi connectivity index (χ2v) is 9.34. The Bertz CT molecular complexity index is 812. The van der Waals surface area contributed by atoms with Crippen LogP contribution in [0.4, 0.5) is 0 Å². The molecule has 1 aromatic carbocycles. The molecule has 0 aliphatic carbocycles. The number of carbonyl (C=O) groups is 1. The lowest BCUT2D eigenvalue weighted by atomic mass is 10.0. The molecule has 0 saturated carbocycles. The molecule has 2 aromatic rings. The Balaban J connectivity index is 1.51. The van der Waals surface area contributed by atoms with Crippen LogP contribution in [0.25, 0.3) is 0 Å². The number of likely N-dealkylation sites (tertiary alicyclic amines) is 1. The molecule has 1 N–H and O–H groups in total. The van der Waals surface area contributed by atoms with Gasteiger partial charge < -0.3 is 4.90 Å². The van der Waals surface area contributed by atoms with E-state index < -0.39 is 10.0 Å². The fourth-order valence-electron chi connectivity index (χ4n) is 2.83. The number of thiophene rings is 1. The first-order valence-corrected chi connectivity index (χ1v) is 10.8. The molecule has 0 bridgehead atoms. The summed E-state index contributed by atoms with van der Waals surface area (Å²) in [6.45, 7) is 1.12. The normalized spacial score (nSPS) is 16.1. The molecule has 1 aliphatic rings. The van der Waals surface area contributed by atoms with Crippen LogP contribution in [0.5, 0.6) is 0 Å². The summed E-state index contributed by atoms with van der Waals surface area (Å²) in [4.78, 5) is 14.2. The molecule has 1 aromatic heterocycles. The molecular formula is C17H19ClN2O3S2. The molecule has 1 aliphatic heterocycles. The van der Waals surface area contributed by atoms with Gasteiger partial charge in [0.2, 0.25) is 15.9 Å². The van der Waals surface area contributed by atoms with Gasteiger partial charge in [-0.1, -0.05) is 29.8 Å². The minimum atomic E-state index is -3.45. The Morgan fingerprint density at radius 3 is 2.48 bits per heavy atom. The first kappa shape index (κ1) is 18.4. The Kier molecular flexibility index (Phi) is 5.78. The zero-order valence-corrected chi connectivity index (χ0v) is 15.9. The first-order chi connectivity index (χ1) is 11.9.